The van der Waals surface area contributed by atoms with Gasteiger partial charge in [0.1, 0.15) is 0 Å². The monoisotopic (exact) mass is 250 g/mol. The van der Waals surface area contributed by atoms with Gasteiger partial charge < -0.3 is 19.8 Å². The Labute approximate surface area is 169 Å². The second-order valence-corrected chi connectivity index (χ2v) is 2.69. The van der Waals surface area contributed by atoms with Gasteiger partial charge in [0, 0.05) is 5.92 Å². The van der Waals surface area contributed by atoms with Gasteiger partial charge in [-0.2, -0.15) is 0 Å². The third-order valence-corrected chi connectivity index (χ3v) is 1.67. The van der Waals surface area contributed by atoms with Crippen LogP contribution in [0, 0.1) is 5.92 Å². The molecule has 0 aromatic heterocycles. The number of carboxylic acid groups (broad SMARTS) is 2. The van der Waals surface area contributed by atoms with Crippen molar-refractivity contribution in [3.63, 3.8) is 0 Å². The van der Waals surface area contributed by atoms with Crippen LogP contribution in [0.1, 0.15) is 32.6 Å². The summed E-state index contributed by atoms with van der Waals surface area (Å²) in [6.45, 7) is 1.95. The number of carbonyl (C=O) groups excluding carboxylic acids is 2. The van der Waals surface area contributed by atoms with Gasteiger partial charge in [-0.05, 0) is 6.42 Å². The predicted octanol–water partition coefficient (Wildman–Crippen LogP) is -7.31. The maximum Gasteiger partial charge on any atom is 1.00 e. The van der Waals surface area contributed by atoms with E-state index in [0.29, 0.717) is 6.42 Å². The normalized spacial score (nSPS) is 8.71. The van der Waals surface area contributed by atoms with Crippen LogP contribution in [0.5, 0.6) is 0 Å². The first-order valence-electron chi connectivity index (χ1n) is 4.01. The first-order chi connectivity index (χ1) is 5.59. The first kappa shape index (κ1) is 21.5. The van der Waals surface area contributed by atoms with Gasteiger partial charge >= 0.3 is 103 Å². The van der Waals surface area contributed by atoms with Crippen LogP contribution in [0.2, 0.25) is 0 Å². The van der Waals surface area contributed by atoms with E-state index in [4.69, 9.17) is 0 Å². The van der Waals surface area contributed by atoms with Gasteiger partial charge in [0.25, 0.3) is 0 Å². The zero-order chi connectivity index (χ0) is 9.56. The Bertz CT molecular complexity index is 159. The Hall–Kier alpha value is 2.21. The summed E-state index contributed by atoms with van der Waals surface area (Å²) in [5.41, 5.74) is 0. The molecule has 0 aliphatic heterocycles. The molecule has 0 N–H and O–H groups in total. The Morgan fingerprint density at radius 1 is 1.07 bits per heavy atom. The van der Waals surface area contributed by atoms with E-state index in [9.17, 15) is 19.8 Å². The van der Waals surface area contributed by atoms with Gasteiger partial charge in [-0.1, -0.05) is 26.2 Å². The number of carboxylic acids is 2. The Kier molecular flexibility index (Phi) is 20.4. The second kappa shape index (κ2) is 13.3. The van der Waals surface area contributed by atoms with Crippen LogP contribution in [-0.4, -0.2) is 11.9 Å². The van der Waals surface area contributed by atoms with E-state index in [1.165, 1.54) is 0 Å². The molecular formula is C8H12K2O4. The molecule has 0 unspecified atom stereocenters. The minimum atomic E-state index is -1.55. The van der Waals surface area contributed by atoms with E-state index in [2.05, 4.69) is 0 Å². The molecule has 0 rings (SSSR count). The average molecular weight is 250 g/mol. The van der Waals surface area contributed by atoms with Crippen molar-refractivity contribution in [3.8, 4) is 0 Å². The van der Waals surface area contributed by atoms with Crippen LogP contribution in [0.25, 0.3) is 0 Å². The maximum absolute atomic E-state index is 10.2. The van der Waals surface area contributed by atoms with Crippen molar-refractivity contribution in [1.82, 2.24) is 0 Å². The molecule has 0 atom stereocenters. The average Bonchev–Trinajstić information content (AvgIpc) is 1.96. The topological polar surface area (TPSA) is 80.3 Å². The van der Waals surface area contributed by atoms with E-state index in [1.807, 2.05) is 6.92 Å². The number of hydrogen-bond donors (Lipinski definition) is 0. The van der Waals surface area contributed by atoms with Gasteiger partial charge in [0.15, 0.2) is 0 Å². The third-order valence-electron chi connectivity index (χ3n) is 1.67. The molecule has 0 aromatic carbocycles. The summed E-state index contributed by atoms with van der Waals surface area (Å²) < 4.78 is 0. The third kappa shape index (κ3) is 10.7. The minimum absolute atomic E-state index is 0. The van der Waals surface area contributed by atoms with Crippen molar-refractivity contribution in [2.24, 2.45) is 5.92 Å². The zero-order valence-electron chi connectivity index (χ0n) is 9.04. The van der Waals surface area contributed by atoms with E-state index in [1.54, 1.807) is 0 Å². The summed E-state index contributed by atoms with van der Waals surface area (Å²) in [6, 6.07) is 0. The standard InChI is InChI=1S/C8H14O4.2K/c1-2-3-4-5-6(7(9)10)8(11)12;;/h6H,2-5H2,1H3,(H,9,10)(H,11,12);;/q;2*+1/p-2. The fraction of sp³-hybridized carbons (Fsp3) is 0.750. The summed E-state index contributed by atoms with van der Waals surface area (Å²) in [6.07, 6.45) is 2.45. The summed E-state index contributed by atoms with van der Waals surface area (Å²) in [7, 11) is 0. The van der Waals surface area contributed by atoms with Crippen LogP contribution in [0.15, 0.2) is 0 Å². The molecular weight excluding hydrogens is 238 g/mol. The quantitative estimate of drug-likeness (QED) is 0.266. The Morgan fingerprint density at radius 2 is 1.50 bits per heavy atom. The van der Waals surface area contributed by atoms with E-state index >= 15 is 0 Å². The molecule has 6 heteroatoms. The van der Waals surface area contributed by atoms with Crippen molar-refractivity contribution in [1.29, 1.82) is 0 Å². The van der Waals surface area contributed by atoms with Crippen molar-refractivity contribution in [3.05, 3.63) is 0 Å². The molecule has 0 saturated carbocycles. The fourth-order valence-corrected chi connectivity index (χ4v) is 0.930. The number of hydrogen-bond acceptors (Lipinski definition) is 4. The van der Waals surface area contributed by atoms with Crippen molar-refractivity contribution in [2.45, 2.75) is 32.6 Å². The number of carbonyl (C=O) groups is 2. The first-order valence-corrected chi connectivity index (χ1v) is 4.01. The van der Waals surface area contributed by atoms with Crippen LogP contribution in [0.4, 0.5) is 0 Å². The summed E-state index contributed by atoms with van der Waals surface area (Å²) in [5.74, 6) is -4.55. The largest absolute Gasteiger partial charge is 1.00 e. The molecule has 0 heterocycles. The fourth-order valence-electron chi connectivity index (χ4n) is 0.930. The summed E-state index contributed by atoms with van der Waals surface area (Å²) in [5, 5.41) is 20.4. The van der Waals surface area contributed by atoms with Gasteiger partial charge in [-0.25, -0.2) is 0 Å². The van der Waals surface area contributed by atoms with Gasteiger partial charge in [-0.3, -0.25) is 0 Å². The molecule has 0 aliphatic rings. The Morgan fingerprint density at radius 3 is 1.79 bits per heavy atom. The zero-order valence-corrected chi connectivity index (χ0v) is 15.3. The van der Waals surface area contributed by atoms with E-state index < -0.39 is 17.9 Å². The molecule has 0 radical (unpaired) electrons. The van der Waals surface area contributed by atoms with Gasteiger partial charge in [-0.15, -0.1) is 0 Å². The van der Waals surface area contributed by atoms with Gasteiger partial charge in [0.2, 0.25) is 0 Å². The molecule has 0 fully saturated rings. The Balaban J connectivity index is -0.000000605. The maximum atomic E-state index is 10.2. The molecule has 0 amide bonds. The van der Waals surface area contributed by atoms with Crippen molar-refractivity contribution >= 4 is 11.9 Å². The van der Waals surface area contributed by atoms with E-state index in [-0.39, 0.29) is 109 Å². The van der Waals surface area contributed by atoms with Crippen molar-refractivity contribution < 1.29 is 123 Å². The van der Waals surface area contributed by atoms with Crippen LogP contribution < -0.4 is 113 Å². The summed E-state index contributed by atoms with van der Waals surface area (Å²) in [4.78, 5) is 20.4. The molecule has 70 valence electrons. The smallest absolute Gasteiger partial charge is 0.549 e. The van der Waals surface area contributed by atoms with Crippen LogP contribution in [-0.2, 0) is 9.59 Å². The van der Waals surface area contributed by atoms with Gasteiger partial charge in [0.05, 0.1) is 11.9 Å². The number of unbranched alkanes of at least 4 members (excludes halogenated alkanes) is 2. The summed E-state index contributed by atoms with van der Waals surface area (Å²) >= 11 is 0. The number of aliphatic carboxylic acids is 2. The molecule has 14 heavy (non-hydrogen) atoms. The molecule has 0 bridgehead atoms. The predicted molar refractivity (Wildman–Crippen MR) is 37.6 cm³/mol. The van der Waals surface area contributed by atoms with Crippen molar-refractivity contribution in [2.75, 3.05) is 0 Å². The molecule has 0 aliphatic carbocycles. The molecule has 0 aromatic rings. The molecule has 4 nitrogen and oxygen atoms in total. The SMILES string of the molecule is CCCCCC(C(=O)[O-])C(=O)[O-].[K+].[K+]. The molecule has 0 saturated heterocycles. The minimum Gasteiger partial charge on any atom is -0.549 e. The second-order valence-electron chi connectivity index (χ2n) is 2.69. The number of rotatable bonds is 6. The van der Waals surface area contributed by atoms with E-state index in [0.717, 1.165) is 12.8 Å². The van der Waals surface area contributed by atoms with Crippen LogP contribution >= 0.6 is 0 Å². The molecule has 0 spiro atoms. The van der Waals surface area contributed by atoms with Crippen LogP contribution in [0.3, 0.4) is 0 Å².